The van der Waals surface area contributed by atoms with Gasteiger partial charge in [0, 0.05) is 69.1 Å². The molecule has 3 aliphatic heterocycles. The number of carbonyl (C=O) groups is 6. The Morgan fingerprint density at radius 3 is 2.37 bits per heavy atom. The largest absolute Gasteiger partial charge is 0.379 e. The highest BCUT2D eigenvalue weighted by molar-refractivity contribution is 6.24. The molecule has 342 valence electrons. The zero-order valence-corrected chi connectivity index (χ0v) is 36.9. The fourth-order valence-electron chi connectivity index (χ4n) is 9.41. The summed E-state index contributed by atoms with van der Waals surface area (Å²) in [7, 11) is 0. The molecule has 1 saturated carbocycles. The predicted molar refractivity (Wildman–Crippen MR) is 238 cm³/mol. The molecule has 0 bridgehead atoms. The zero-order chi connectivity index (χ0) is 45.6. The van der Waals surface area contributed by atoms with E-state index in [0.29, 0.717) is 86.9 Å². The van der Waals surface area contributed by atoms with Crippen LogP contribution in [0.4, 0.5) is 5.69 Å². The Kier molecular flexibility index (Phi) is 14.2. The van der Waals surface area contributed by atoms with Gasteiger partial charge < -0.3 is 19.7 Å². The lowest BCUT2D eigenvalue weighted by Gasteiger charge is -2.35. The molecule has 4 aromatic rings. The summed E-state index contributed by atoms with van der Waals surface area (Å²) in [4.78, 5) is 109. The number of anilines is 1. The van der Waals surface area contributed by atoms with Crippen molar-refractivity contribution in [3.8, 4) is 0 Å². The van der Waals surface area contributed by atoms with Gasteiger partial charge in [0.15, 0.2) is 5.78 Å². The first-order valence-corrected chi connectivity index (χ1v) is 22.6. The van der Waals surface area contributed by atoms with E-state index in [1.807, 2.05) is 18.3 Å². The van der Waals surface area contributed by atoms with Crippen LogP contribution in [-0.4, -0.2) is 136 Å². The molecular weight excluding hydrogens is 835 g/mol. The first kappa shape index (κ1) is 45.3. The Hall–Kier alpha value is -6.24. The van der Waals surface area contributed by atoms with Crippen molar-refractivity contribution in [2.75, 3.05) is 70.6 Å². The Balaban J connectivity index is 0.707. The summed E-state index contributed by atoms with van der Waals surface area (Å²) in [5.74, 6) is -1.83. The van der Waals surface area contributed by atoms with Gasteiger partial charge in [-0.1, -0.05) is 25.0 Å². The van der Waals surface area contributed by atoms with Gasteiger partial charge in [-0.25, -0.2) is 9.97 Å². The van der Waals surface area contributed by atoms with E-state index in [0.717, 1.165) is 73.5 Å². The average Bonchev–Trinajstić information content (AvgIpc) is 3.91. The second-order valence-corrected chi connectivity index (χ2v) is 17.1. The van der Waals surface area contributed by atoms with Crippen molar-refractivity contribution < 1.29 is 38.2 Å². The molecule has 1 atom stereocenters. The van der Waals surface area contributed by atoms with Gasteiger partial charge >= 0.3 is 0 Å². The first-order chi connectivity index (χ1) is 31.5. The third-order valence-electron chi connectivity index (χ3n) is 12.8. The molecule has 2 saturated heterocycles. The Bertz CT molecular complexity index is 2550. The quantitative estimate of drug-likeness (QED) is 0.0836. The number of piperazine rings is 1. The minimum Gasteiger partial charge on any atom is -0.379 e. The molecule has 1 aromatic carbocycles. The van der Waals surface area contributed by atoms with Crippen LogP contribution in [0.1, 0.15) is 112 Å². The van der Waals surface area contributed by atoms with E-state index in [1.54, 1.807) is 35.9 Å². The highest BCUT2D eigenvalue weighted by Crippen LogP contribution is 2.33. The number of piperidine rings is 1. The zero-order valence-electron chi connectivity index (χ0n) is 36.9. The van der Waals surface area contributed by atoms with Crippen LogP contribution in [-0.2, 0) is 36.7 Å². The van der Waals surface area contributed by atoms with Gasteiger partial charge in [0.2, 0.25) is 17.7 Å². The number of aryl methyl sites for hydroxylation is 2. The number of rotatable bonds is 18. The lowest BCUT2D eigenvalue weighted by Crippen LogP contribution is -2.54. The van der Waals surface area contributed by atoms with Crippen LogP contribution < -0.4 is 21.1 Å². The molecule has 0 radical (unpaired) electrons. The number of nitrogens with one attached hydrogen (secondary N) is 2. The molecule has 65 heavy (non-hydrogen) atoms. The number of hydrogen-bond donors (Lipinski definition) is 2. The van der Waals surface area contributed by atoms with Gasteiger partial charge in [0.25, 0.3) is 17.4 Å². The van der Waals surface area contributed by atoms with Gasteiger partial charge in [-0.2, -0.15) is 0 Å². The maximum atomic E-state index is 13.6. The summed E-state index contributed by atoms with van der Waals surface area (Å²) in [6.07, 6.45) is 9.11. The number of nitrogens with zero attached hydrogens (tertiary/aromatic N) is 7. The molecule has 1 unspecified atom stereocenters. The van der Waals surface area contributed by atoms with Gasteiger partial charge in [-0.3, -0.25) is 58.2 Å². The summed E-state index contributed by atoms with van der Waals surface area (Å²) >= 11 is 0. The number of amides is 5. The normalized spacial score (nSPS) is 18.2. The fourth-order valence-corrected chi connectivity index (χ4v) is 9.41. The topological polar surface area (TPSA) is 215 Å². The Morgan fingerprint density at radius 2 is 1.65 bits per heavy atom. The third kappa shape index (κ3) is 10.0. The SMILES string of the molecule is CC(=O)c1c(C)c2cnc(Cc3ccc(N4CCN(CC(=O)NCCOCCOCCCc5cccc6c5C(=O)N(C5CCC(=O)NC5=O)C6=O)CC4)cn3)nc2n(C2CCCC2)c1=O. The molecule has 18 heteroatoms. The monoisotopic (exact) mass is 889 g/mol. The molecule has 18 nitrogen and oxygen atoms in total. The first-order valence-electron chi connectivity index (χ1n) is 22.6. The lowest BCUT2D eigenvalue weighted by molar-refractivity contribution is -0.136. The minimum absolute atomic E-state index is 0.0170. The van der Waals surface area contributed by atoms with Crippen LogP contribution in [0, 0.1) is 6.92 Å². The van der Waals surface area contributed by atoms with E-state index in [2.05, 4.69) is 25.4 Å². The molecule has 2 N–H and O–H groups in total. The van der Waals surface area contributed by atoms with Crippen molar-refractivity contribution in [2.45, 2.75) is 83.7 Å². The van der Waals surface area contributed by atoms with E-state index in [4.69, 9.17) is 19.4 Å². The van der Waals surface area contributed by atoms with Gasteiger partial charge in [-0.15, -0.1) is 0 Å². The number of imide groups is 2. The third-order valence-corrected chi connectivity index (χ3v) is 12.8. The van der Waals surface area contributed by atoms with Crippen molar-refractivity contribution in [3.05, 3.63) is 92.4 Å². The average molecular weight is 890 g/mol. The van der Waals surface area contributed by atoms with E-state index < -0.39 is 29.7 Å². The molecule has 0 spiro atoms. The van der Waals surface area contributed by atoms with Gasteiger partial charge in [0.1, 0.15) is 17.5 Å². The molecular formula is C47H55N9O9. The summed E-state index contributed by atoms with van der Waals surface area (Å²) in [6.45, 7) is 8.33. The molecule has 3 aromatic heterocycles. The lowest BCUT2D eigenvalue weighted by atomic mass is 9.99. The smallest absolute Gasteiger partial charge is 0.263 e. The van der Waals surface area contributed by atoms with Crippen molar-refractivity contribution >= 4 is 52.0 Å². The van der Waals surface area contributed by atoms with Crippen molar-refractivity contribution in [3.63, 3.8) is 0 Å². The maximum Gasteiger partial charge on any atom is 0.263 e. The van der Waals surface area contributed by atoms with Crippen LogP contribution >= 0.6 is 0 Å². The summed E-state index contributed by atoms with van der Waals surface area (Å²) in [5, 5.41) is 5.86. The molecule has 5 amide bonds. The van der Waals surface area contributed by atoms with Crippen molar-refractivity contribution in [1.29, 1.82) is 0 Å². The minimum atomic E-state index is -1.00. The van der Waals surface area contributed by atoms with E-state index >= 15 is 0 Å². The maximum absolute atomic E-state index is 13.6. The van der Waals surface area contributed by atoms with Gasteiger partial charge in [0.05, 0.1) is 61.4 Å². The fraction of sp³-hybridized carbons (Fsp3) is 0.489. The molecule has 3 fully saturated rings. The molecule has 6 heterocycles. The molecule has 8 rings (SSSR count). The van der Waals surface area contributed by atoms with E-state index in [-0.39, 0.29) is 47.3 Å². The van der Waals surface area contributed by atoms with Crippen LogP contribution in [0.25, 0.3) is 11.0 Å². The number of hydrogen-bond acceptors (Lipinski definition) is 14. The second-order valence-electron chi connectivity index (χ2n) is 17.1. The van der Waals surface area contributed by atoms with Crippen LogP contribution in [0.3, 0.4) is 0 Å². The number of carbonyl (C=O) groups excluding carboxylic acids is 6. The van der Waals surface area contributed by atoms with Crippen LogP contribution in [0.15, 0.2) is 47.5 Å². The number of aromatic nitrogens is 4. The highest BCUT2D eigenvalue weighted by Gasteiger charge is 2.45. The van der Waals surface area contributed by atoms with Crippen molar-refractivity contribution in [2.24, 2.45) is 0 Å². The van der Waals surface area contributed by atoms with Crippen LogP contribution in [0.5, 0.6) is 0 Å². The van der Waals surface area contributed by atoms with Crippen molar-refractivity contribution in [1.82, 2.24) is 40.0 Å². The predicted octanol–water partition coefficient (Wildman–Crippen LogP) is 2.71. The summed E-state index contributed by atoms with van der Waals surface area (Å²) in [6, 6.07) is 8.13. The highest BCUT2D eigenvalue weighted by atomic mass is 16.5. The van der Waals surface area contributed by atoms with Crippen LogP contribution in [0.2, 0.25) is 0 Å². The number of fused-ring (bicyclic) bond motifs is 2. The number of ketones is 1. The molecule has 1 aliphatic carbocycles. The Labute approximate surface area is 376 Å². The Morgan fingerprint density at radius 1 is 0.877 bits per heavy atom. The number of ether oxygens (including phenoxy) is 2. The van der Waals surface area contributed by atoms with E-state index in [1.165, 1.54) is 6.92 Å². The molecule has 4 aliphatic rings. The standard InChI is InChI=1S/C47H55N9O9/c1-29-36-27-50-38(51-43(36)55(33-9-3-4-10-33)46(62)41(29)30(2)57)25-32-12-13-34(26-49-32)54-19-17-53(18-20-54)28-40(59)48-16-22-65-24-23-64-21-6-8-31-7-5-11-35-42(31)47(63)56(45(35)61)37-14-15-39(58)52-44(37)60/h5,7,11-13,26-27,33,37H,3-4,6,8-10,14-25,28H2,1-2H3,(H,48,59)(H,52,58,60). The number of pyridine rings is 2. The second kappa shape index (κ2) is 20.3. The van der Waals surface area contributed by atoms with Gasteiger partial charge in [-0.05, 0) is 75.3 Å². The number of benzene rings is 1. The summed E-state index contributed by atoms with van der Waals surface area (Å²) in [5.41, 5.74) is 4.23. The number of Topliss-reactive ketones (excluding diaryl/α,β-unsaturated/α-hetero) is 1. The summed E-state index contributed by atoms with van der Waals surface area (Å²) < 4.78 is 13.1. The van der Waals surface area contributed by atoms with E-state index in [9.17, 15) is 33.6 Å².